The Morgan fingerprint density at radius 2 is 1.97 bits per heavy atom. The number of nitrogens with zero attached hydrogens (tertiary/aromatic N) is 4. The molecule has 0 unspecified atom stereocenters. The maximum Gasteiger partial charge on any atom is 0.338 e. The highest BCUT2D eigenvalue weighted by molar-refractivity contribution is 7.07. The van der Waals surface area contributed by atoms with Crippen LogP contribution in [0.2, 0.25) is 0 Å². The van der Waals surface area contributed by atoms with E-state index < -0.39 is 12.0 Å². The molecule has 0 fully saturated rings. The van der Waals surface area contributed by atoms with E-state index in [4.69, 9.17) is 4.74 Å². The lowest BCUT2D eigenvalue weighted by Crippen LogP contribution is -2.39. The van der Waals surface area contributed by atoms with E-state index in [1.54, 1.807) is 26.0 Å². The first-order chi connectivity index (χ1) is 15.3. The van der Waals surface area contributed by atoms with E-state index in [1.807, 2.05) is 30.8 Å². The van der Waals surface area contributed by atoms with E-state index in [1.165, 1.54) is 28.0 Å². The molecule has 1 aliphatic heterocycles. The summed E-state index contributed by atoms with van der Waals surface area (Å²) in [5, 5.41) is 14.2. The van der Waals surface area contributed by atoms with Gasteiger partial charge in [0, 0.05) is 18.3 Å². The van der Waals surface area contributed by atoms with Gasteiger partial charge in [-0.1, -0.05) is 23.5 Å². The molecule has 3 aromatic rings. The highest BCUT2D eigenvalue weighted by Gasteiger charge is 2.33. The molecule has 0 radical (unpaired) electrons. The zero-order valence-corrected chi connectivity index (χ0v) is 19.1. The quantitative estimate of drug-likeness (QED) is 0.598. The van der Waals surface area contributed by atoms with Crippen LogP contribution in [0.4, 0.5) is 0 Å². The molecule has 3 heterocycles. The zero-order chi connectivity index (χ0) is 23.0. The van der Waals surface area contributed by atoms with E-state index >= 15 is 0 Å². The van der Waals surface area contributed by atoms with Crippen molar-refractivity contribution in [1.29, 1.82) is 0 Å². The van der Waals surface area contributed by atoms with Gasteiger partial charge >= 0.3 is 5.97 Å². The Kier molecular flexibility index (Phi) is 5.84. The number of hydrogen-bond acceptors (Lipinski definition) is 7. The average Bonchev–Trinajstić information content (AvgIpc) is 3.27. The summed E-state index contributed by atoms with van der Waals surface area (Å²) in [6, 6.07) is 5.76. The number of benzene rings is 1. The van der Waals surface area contributed by atoms with E-state index in [0.717, 1.165) is 17.8 Å². The average molecular weight is 453 g/mol. The molecule has 8 nitrogen and oxygen atoms in total. The molecule has 1 N–H and O–H groups in total. The minimum Gasteiger partial charge on any atom is -0.508 e. The predicted octanol–water partition coefficient (Wildman–Crippen LogP) is 2.03. The van der Waals surface area contributed by atoms with Gasteiger partial charge in [-0.05, 0) is 51.5 Å². The predicted molar refractivity (Wildman–Crippen MR) is 121 cm³/mol. The van der Waals surface area contributed by atoms with Gasteiger partial charge in [-0.3, -0.25) is 14.0 Å². The molecular weight excluding hydrogens is 428 g/mol. The molecule has 0 aliphatic carbocycles. The number of hydrogen-bond donors (Lipinski definition) is 1. The number of rotatable bonds is 5. The fourth-order valence-corrected chi connectivity index (χ4v) is 4.78. The number of esters is 1. The normalized spacial score (nSPS) is 16.1. The van der Waals surface area contributed by atoms with Crippen LogP contribution in [-0.4, -0.2) is 32.0 Å². The molecule has 4 rings (SSSR count). The summed E-state index contributed by atoms with van der Waals surface area (Å²) in [4.78, 5) is 31.4. The summed E-state index contributed by atoms with van der Waals surface area (Å²) < 4.78 is 9.13. The molecule has 1 aliphatic rings. The summed E-state index contributed by atoms with van der Waals surface area (Å²) in [5.41, 5.74) is 2.94. The second-order valence-electron chi connectivity index (χ2n) is 7.42. The fraction of sp³-hybridized carbons (Fsp3) is 0.304. The van der Waals surface area contributed by atoms with Crippen LogP contribution in [0.3, 0.4) is 0 Å². The number of carbonyl (C=O) groups excluding carboxylic acids is 1. The molecule has 2 aromatic heterocycles. The second-order valence-corrected chi connectivity index (χ2v) is 8.43. The van der Waals surface area contributed by atoms with Crippen LogP contribution in [0, 0.1) is 6.92 Å². The summed E-state index contributed by atoms with van der Waals surface area (Å²) in [5.74, 6) is -0.413. The summed E-state index contributed by atoms with van der Waals surface area (Å²) >= 11 is 1.27. The molecular formula is C23H24N4O4S. The van der Waals surface area contributed by atoms with Crippen molar-refractivity contribution in [3.05, 3.63) is 78.2 Å². The Hall–Kier alpha value is -3.46. The minimum absolute atomic E-state index is 0.1000. The number of fused-ring (bicyclic) bond motifs is 1. The molecule has 1 aromatic carbocycles. The number of aromatic nitrogens is 3. The summed E-state index contributed by atoms with van der Waals surface area (Å²) in [6.07, 6.45) is 3.72. The van der Waals surface area contributed by atoms with Crippen molar-refractivity contribution < 1.29 is 14.6 Å². The van der Waals surface area contributed by atoms with Crippen molar-refractivity contribution >= 4 is 23.4 Å². The third-order valence-electron chi connectivity index (χ3n) is 5.32. The van der Waals surface area contributed by atoms with Crippen LogP contribution >= 0.6 is 11.3 Å². The maximum absolute atomic E-state index is 13.5. The van der Waals surface area contributed by atoms with Crippen LogP contribution in [0.25, 0.3) is 6.08 Å². The van der Waals surface area contributed by atoms with Crippen molar-refractivity contribution in [3.8, 4) is 5.75 Å². The largest absolute Gasteiger partial charge is 0.508 e. The number of phenolic OH excluding ortho intramolecular Hbond substituents is 1. The molecule has 0 spiro atoms. The Morgan fingerprint density at radius 3 is 2.59 bits per heavy atom. The standard InChI is InChI=1S/C23H24N4O4S/c1-5-26-12-16(13(3)25-26)11-18-21(29)27-20(15-7-9-17(28)10-8-15)19(22(30)31-6-2)14(4)24-23(27)32-18/h7-12,20,28H,5-6H2,1-4H3/t20-/m1/s1. The van der Waals surface area contributed by atoms with Gasteiger partial charge in [0.15, 0.2) is 4.80 Å². The van der Waals surface area contributed by atoms with E-state index in [9.17, 15) is 14.7 Å². The first-order valence-corrected chi connectivity index (χ1v) is 11.2. The lowest BCUT2D eigenvalue weighted by atomic mass is 9.96. The van der Waals surface area contributed by atoms with Crippen molar-refractivity contribution in [2.24, 2.45) is 4.99 Å². The fourth-order valence-electron chi connectivity index (χ4n) is 3.74. The molecule has 0 bridgehead atoms. The molecule has 0 saturated carbocycles. The van der Waals surface area contributed by atoms with E-state index in [2.05, 4.69) is 10.1 Å². The first kappa shape index (κ1) is 21.8. The Morgan fingerprint density at radius 1 is 1.25 bits per heavy atom. The number of allylic oxidation sites excluding steroid dienone is 1. The summed E-state index contributed by atoms with van der Waals surface area (Å²) in [6.45, 7) is 8.32. The smallest absolute Gasteiger partial charge is 0.338 e. The number of phenols is 1. The molecule has 0 saturated heterocycles. The molecule has 1 atom stereocenters. The third-order valence-corrected chi connectivity index (χ3v) is 6.30. The molecule has 0 amide bonds. The van der Waals surface area contributed by atoms with Crippen LogP contribution in [0.15, 0.2) is 51.5 Å². The highest BCUT2D eigenvalue weighted by Crippen LogP contribution is 2.31. The summed E-state index contributed by atoms with van der Waals surface area (Å²) in [7, 11) is 0. The van der Waals surface area contributed by atoms with Gasteiger partial charge in [0.2, 0.25) is 0 Å². The Labute approximate surface area is 188 Å². The van der Waals surface area contributed by atoms with Gasteiger partial charge in [0.25, 0.3) is 5.56 Å². The third kappa shape index (κ3) is 3.80. The van der Waals surface area contributed by atoms with Crippen molar-refractivity contribution in [3.63, 3.8) is 0 Å². The lowest BCUT2D eigenvalue weighted by molar-refractivity contribution is -0.139. The van der Waals surface area contributed by atoms with Gasteiger partial charge in [-0.25, -0.2) is 9.79 Å². The number of aromatic hydroxyl groups is 1. The topological polar surface area (TPSA) is 98.7 Å². The van der Waals surface area contributed by atoms with Gasteiger partial charge in [0.05, 0.1) is 34.1 Å². The van der Waals surface area contributed by atoms with Gasteiger partial charge in [0.1, 0.15) is 5.75 Å². The van der Waals surface area contributed by atoms with Gasteiger partial charge in [-0.15, -0.1) is 0 Å². The van der Waals surface area contributed by atoms with Crippen molar-refractivity contribution in [2.45, 2.75) is 40.3 Å². The van der Waals surface area contributed by atoms with E-state index in [-0.39, 0.29) is 17.9 Å². The van der Waals surface area contributed by atoms with Crippen molar-refractivity contribution in [2.75, 3.05) is 6.61 Å². The molecule has 9 heteroatoms. The van der Waals surface area contributed by atoms with Gasteiger partial charge in [-0.2, -0.15) is 5.10 Å². The SMILES string of the molecule is CCOC(=O)C1=C(C)N=c2sc(=Cc3cn(CC)nc3C)c(=O)n2[C@@H]1c1ccc(O)cc1. The minimum atomic E-state index is -0.701. The number of ether oxygens (including phenoxy) is 1. The van der Waals surface area contributed by atoms with Crippen LogP contribution in [-0.2, 0) is 16.1 Å². The second kappa shape index (κ2) is 8.58. The molecule has 32 heavy (non-hydrogen) atoms. The lowest BCUT2D eigenvalue weighted by Gasteiger charge is -2.24. The monoisotopic (exact) mass is 452 g/mol. The van der Waals surface area contributed by atoms with Crippen LogP contribution in [0.5, 0.6) is 5.75 Å². The molecule has 166 valence electrons. The zero-order valence-electron chi connectivity index (χ0n) is 18.3. The first-order valence-electron chi connectivity index (χ1n) is 10.4. The van der Waals surface area contributed by atoms with Gasteiger partial charge < -0.3 is 9.84 Å². The Bertz CT molecular complexity index is 1390. The highest BCUT2D eigenvalue weighted by atomic mass is 32.1. The number of aryl methyl sites for hydroxylation is 2. The number of carbonyl (C=O) groups is 1. The van der Waals surface area contributed by atoms with Crippen molar-refractivity contribution in [1.82, 2.24) is 14.3 Å². The Balaban J connectivity index is 1.95. The number of thiazole rings is 1. The van der Waals surface area contributed by atoms with E-state index in [0.29, 0.717) is 26.2 Å². The van der Waals surface area contributed by atoms with Crippen LogP contribution < -0.4 is 14.9 Å². The van der Waals surface area contributed by atoms with Crippen LogP contribution in [0.1, 0.15) is 43.6 Å². The maximum atomic E-state index is 13.5.